The second-order valence-electron chi connectivity index (χ2n) is 9.42. The maximum Gasteiger partial charge on any atom is 0.418 e. The van der Waals surface area contributed by atoms with Crippen LogP contribution in [0.15, 0.2) is 36.4 Å². The van der Waals surface area contributed by atoms with Gasteiger partial charge in [-0.1, -0.05) is 50.3 Å². The summed E-state index contributed by atoms with van der Waals surface area (Å²) in [5.41, 5.74) is -1.71. The van der Waals surface area contributed by atoms with Gasteiger partial charge in [0.2, 0.25) is 0 Å². The van der Waals surface area contributed by atoms with Gasteiger partial charge in [-0.3, -0.25) is 4.90 Å². The highest BCUT2D eigenvalue weighted by Crippen LogP contribution is 2.37. The second-order valence-corrected chi connectivity index (χ2v) is 9.85. The summed E-state index contributed by atoms with van der Waals surface area (Å²) in [5.74, 6) is -0.190. The number of nitrogens with zero attached hydrogens (tertiary/aromatic N) is 1. The Balaban J connectivity index is 2.42. The van der Waals surface area contributed by atoms with Crippen LogP contribution in [0.1, 0.15) is 70.9 Å². The van der Waals surface area contributed by atoms with Crippen molar-refractivity contribution >= 4 is 35.0 Å². The number of anilines is 2. The Labute approximate surface area is 227 Å². The maximum atomic E-state index is 13.6. The molecule has 0 spiro atoms. The molecule has 0 atom stereocenters. The van der Waals surface area contributed by atoms with Crippen LogP contribution in [0.4, 0.5) is 29.3 Å². The summed E-state index contributed by atoms with van der Waals surface area (Å²) in [5, 5.41) is 2.33. The first kappa shape index (κ1) is 31.3. The van der Waals surface area contributed by atoms with Crippen LogP contribution in [-0.4, -0.2) is 30.8 Å². The Morgan fingerprint density at radius 1 is 1.03 bits per heavy atom. The van der Waals surface area contributed by atoms with Crippen LogP contribution in [0.2, 0.25) is 5.02 Å². The predicted molar refractivity (Wildman–Crippen MR) is 144 cm³/mol. The first-order chi connectivity index (χ1) is 17.8. The number of hydrogen-bond acceptors (Lipinski definition) is 4. The molecule has 0 bridgehead atoms. The quantitative estimate of drug-likeness (QED) is 0.210. The molecule has 38 heavy (non-hydrogen) atoms. The third-order valence-corrected chi connectivity index (χ3v) is 6.17. The minimum Gasteiger partial charge on any atom is -0.476 e. The van der Waals surface area contributed by atoms with Crippen molar-refractivity contribution < 1.29 is 32.2 Å². The lowest BCUT2D eigenvalue weighted by Crippen LogP contribution is -2.40. The summed E-state index contributed by atoms with van der Waals surface area (Å²) in [6.07, 6.45) is -0.110. The van der Waals surface area contributed by atoms with Gasteiger partial charge in [-0.15, -0.1) is 0 Å². The van der Waals surface area contributed by atoms with E-state index in [1.165, 1.54) is 11.0 Å². The molecular weight excluding hydrogens is 521 g/mol. The molecule has 0 aromatic heterocycles. The van der Waals surface area contributed by atoms with Gasteiger partial charge in [-0.2, -0.15) is 13.2 Å². The van der Waals surface area contributed by atoms with Gasteiger partial charge in [-0.25, -0.2) is 9.59 Å². The molecule has 0 saturated carbocycles. The first-order valence-electron chi connectivity index (χ1n) is 12.7. The summed E-state index contributed by atoms with van der Waals surface area (Å²) in [6, 6.07) is 7.51. The van der Waals surface area contributed by atoms with E-state index in [2.05, 4.69) is 12.2 Å². The highest BCUT2D eigenvalue weighted by Gasteiger charge is 2.35. The van der Waals surface area contributed by atoms with E-state index >= 15 is 0 Å². The van der Waals surface area contributed by atoms with E-state index in [1.54, 1.807) is 45.9 Å². The normalized spacial score (nSPS) is 11.7. The number of carbonyl (C=O) groups is 2. The van der Waals surface area contributed by atoms with Crippen LogP contribution in [0, 0.1) is 6.92 Å². The van der Waals surface area contributed by atoms with Crippen molar-refractivity contribution in [1.82, 2.24) is 0 Å². The Bertz CT molecular complexity index is 1110. The lowest BCUT2D eigenvalue weighted by molar-refractivity contribution is -0.158. The van der Waals surface area contributed by atoms with Crippen molar-refractivity contribution in [2.24, 2.45) is 0 Å². The van der Waals surface area contributed by atoms with Crippen LogP contribution in [-0.2, 0) is 15.7 Å². The molecule has 0 aliphatic heterocycles. The van der Waals surface area contributed by atoms with E-state index in [0.717, 1.165) is 37.8 Å². The third-order valence-electron chi connectivity index (χ3n) is 5.94. The molecule has 1 N–H and O–H groups in total. The molecule has 0 radical (unpaired) electrons. The number of hydrogen-bond donors (Lipinski definition) is 1. The number of carbonyl (C=O) groups excluding carboxylic acids is 2. The minimum atomic E-state index is -4.71. The van der Waals surface area contributed by atoms with Gasteiger partial charge in [0, 0.05) is 17.1 Å². The standard InChI is InChI=1S/C28H36ClF3N2O4/c1-6-8-9-10-11-17-34(26(36)33-22-16-15-20(29)18-21(22)28(30,31)32)23-13-12-14-24(19(23)3)38-27(4,5)25(35)37-7-2/h12-16,18H,6-11,17H2,1-5H3,(H,33,36). The molecule has 2 aromatic rings. The number of benzene rings is 2. The summed E-state index contributed by atoms with van der Waals surface area (Å²) >= 11 is 5.79. The Kier molecular flexibility index (Phi) is 11.3. The number of rotatable bonds is 12. The molecule has 0 saturated heterocycles. The fourth-order valence-electron chi connectivity index (χ4n) is 3.87. The van der Waals surface area contributed by atoms with Gasteiger partial charge in [0.1, 0.15) is 5.75 Å². The molecule has 10 heteroatoms. The van der Waals surface area contributed by atoms with Crippen molar-refractivity contribution in [3.05, 3.63) is 52.5 Å². The van der Waals surface area contributed by atoms with E-state index in [1.807, 2.05) is 0 Å². The highest BCUT2D eigenvalue weighted by atomic mass is 35.5. The predicted octanol–water partition coefficient (Wildman–Crippen LogP) is 8.40. The molecule has 210 valence electrons. The number of amides is 2. The van der Waals surface area contributed by atoms with Gasteiger partial charge in [-0.05, 0) is 64.4 Å². The van der Waals surface area contributed by atoms with E-state index < -0.39 is 35.0 Å². The molecule has 2 rings (SSSR count). The van der Waals surface area contributed by atoms with E-state index in [4.69, 9.17) is 21.1 Å². The number of esters is 1. The van der Waals surface area contributed by atoms with Crippen molar-refractivity contribution in [2.45, 2.75) is 78.5 Å². The molecular formula is C28H36ClF3N2O4. The van der Waals surface area contributed by atoms with Gasteiger partial charge in [0.05, 0.1) is 23.5 Å². The smallest absolute Gasteiger partial charge is 0.418 e. The molecule has 0 fully saturated rings. The zero-order valence-electron chi connectivity index (χ0n) is 22.5. The molecule has 0 unspecified atom stereocenters. The fourth-order valence-corrected chi connectivity index (χ4v) is 4.05. The fraction of sp³-hybridized carbons (Fsp3) is 0.500. The topological polar surface area (TPSA) is 67.9 Å². The van der Waals surface area contributed by atoms with Gasteiger partial charge >= 0.3 is 18.2 Å². The lowest BCUT2D eigenvalue weighted by Gasteiger charge is -2.29. The van der Waals surface area contributed by atoms with Crippen LogP contribution < -0.4 is 15.0 Å². The van der Waals surface area contributed by atoms with Crippen molar-refractivity contribution in [2.75, 3.05) is 23.4 Å². The highest BCUT2D eigenvalue weighted by molar-refractivity contribution is 6.30. The maximum absolute atomic E-state index is 13.6. The molecule has 2 aromatic carbocycles. The number of urea groups is 1. The zero-order chi connectivity index (χ0) is 28.5. The number of nitrogens with one attached hydrogen (secondary N) is 1. The summed E-state index contributed by atoms with van der Waals surface area (Å²) in [7, 11) is 0. The van der Waals surface area contributed by atoms with Gasteiger partial charge < -0.3 is 14.8 Å². The Morgan fingerprint density at radius 3 is 2.34 bits per heavy atom. The SMILES string of the molecule is CCCCCCCN(C(=O)Nc1ccc(Cl)cc1C(F)(F)F)c1cccc(OC(C)(C)C(=O)OCC)c1C. The average Bonchev–Trinajstić information content (AvgIpc) is 2.83. The Morgan fingerprint density at radius 2 is 1.71 bits per heavy atom. The zero-order valence-corrected chi connectivity index (χ0v) is 23.3. The van der Waals surface area contributed by atoms with E-state index in [-0.39, 0.29) is 18.2 Å². The Hall–Kier alpha value is -2.94. The molecule has 2 amide bonds. The van der Waals surface area contributed by atoms with Crippen molar-refractivity contribution in [3.8, 4) is 5.75 Å². The average molecular weight is 557 g/mol. The first-order valence-corrected chi connectivity index (χ1v) is 13.1. The molecule has 0 heterocycles. The monoisotopic (exact) mass is 556 g/mol. The van der Waals surface area contributed by atoms with Crippen LogP contribution in [0.25, 0.3) is 0 Å². The lowest BCUT2D eigenvalue weighted by atomic mass is 10.1. The van der Waals surface area contributed by atoms with Crippen LogP contribution in [0.3, 0.4) is 0 Å². The molecule has 0 aliphatic rings. The van der Waals surface area contributed by atoms with Crippen LogP contribution >= 0.6 is 11.6 Å². The molecule has 0 aliphatic carbocycles. The number of unbranched alkanes of at least 4 members (excludes halogenated alkanes) is 4. The van der Waals surface area contributed by atoms with Crippen molar-refractivity contribution in [3.63, 3.8) is 0 Å². The largest absolute Gasteiger partial charge is 0.476 e. The second kappa shape index (κ2) is 13.7. The van der Waals surface area contributed by atoms with E-state index in [0.29, 0.717) is 23.4 Å². The minimum absolute atomic E-state index is 0.0898. The number of halogens is 4. The van der Waals surface area contributed by atoms with Crippen molar-refractivity contribution in [1.29, 1.82) is 0 Å². The third kappa shape index (κ3) is 8.55. The summed E-state index contributed by atoms with van der Waals surface area (Å²) < 4.78 is 52.0. The molecule has 6 nitrogen and oxygen atoms in total. The summed E-state index contributed by atoms with van der Waals surface area (Å²) in [4.78, 5) is 27.2. The van der Waals surface area contributed by atoms with Gasteiger partial charge in [0.15, 0.2) is 5.60 Å². The van der Waals surface area contributed by atoms with Gasteiger partial charge in [0.25, 0.3) is 0 Å². The van der Waals surface area contributed by atoms with E-state index in [9.17, 15) is 22.8 Å². The van der Waals surface area contributed by atoms with Crippen LogP contribution in [0.5, 0.6) is 5.75 Å². The summed E-state index contributed by atoms with van der Waals surface area (Å²) in [6.45, 7) is 9.14. The number of alkyl halides is 3. The number of ether oxygens (including phenoxy) is 2.